The summed E-state index contributed by atoms with van der Waals surface area (Å²) in [5, 5.41) is 8.12. The van der Waals surface area contributed by atoms with Crippen LogP contribution in [0.1, 0.15) is 0 Å². The minimum absolute atomic E-state index is 0.648. The van der Waals surface area contributed by atoms with Crippen LogP contribution in [0.15, 0.2) is 29.2 Å². The van der Waals surface area contributed by atoms with Gasteiger partial charge in [0.1, 0.15) is 12.0 Å². The van der Waals surface area contributed by atoms with E-state index in [1.165, 1.54) is 0 Å². The molecule has 0 aliphatic rings. The summed E-state index contributed by atoms with van der Waals surface area (Å²) in [7, 11) is 0. The summed E-state index contributed by atoms with van der Waals surface area (Å²) < 4.78 is 4.23. The van der Waals surface area contributed by atoms with E-state index in [-0.39, 0.29) is 0 Å². The summed E-state index contributed by atoms with van der Waals surface area (Å²) >= 11 is 0.773. The van der Waals surface area contributed by atoms with Crippen LogP contribution in [0.2, 0.25) is 0 Å². The van der Waals surface area contributed by atoms with E-state index in [1.54, 1.807) is 24.3 Å². The Kier molecular flexibility index (Phi) is 2.80. The first-order chi connectivity index (χ1) is 5.29. The quantitative estimate of drug-likeness (QED) is 0.689. The molecule has 0 fully saturated rings. The van der Waals surface area contributed by atoms with Crippen LogP contribution in [0, 0.1) is 6.07 Å². The summed E-state index contributed by atoms with van der Waals surface area (Å²) in [5.74, 6) is 0. The highest BCUT2D eigenvalue weighted by Crippen LogP contribution is 2.16. The van der Waals surface area contributed by atoms with Gasteiger partial charge in [0, 0.05) is 0 Å². The molecule has 57 valence electrons. The van der Waals surface area contributed by atoms with Gasteiger partial charge in [0.25, 0.3) is 0 Å². The second kappa shape index (κ2) is 3.88. The zero-order chi connectivity index (χ0) is 8.10. The maximum absolute atomic E-state index is 9.92. The lowest BCUT2D eigenvalue weighted by molar-refractivity contribution is 0.153. The van der Waals surface area contributed by atoms with Crippen LogP contribution >= 0.6 is 12.0 Å². The van der Waals surface area contributed by atoms with Crippen molar-refractivity contribution >= 4 is 18.2 Å². The van der Waals surface area contributed by atoms with Crippen molar-refractivity contribution in [3.05, 3.63) is 30.3 Å². The fourth-order valence-corrected chi connectivity index (χ4v) is 0.921. The highest BCUT2D eigenvalue weighted by Gasteiger charge is 1.98. The summed E-state index contributed by atoms with van der Waals surface area (Å²) in [6, 6.07) is 9.78. The van der Waals surface area contributed by atoms with Gasteiger partial charge < -0.3 is 9.29 Å². The van der Waals surface area contributed by atoms with Gasteiger partial charge in [-0.15, -0.1) is 0 Å². The molecule has 1 rings (SSSR count). The van der Waals surface area contributed by atoms with Crippen molar-refractivity contribution in [3.63, 3.8) is 0 Å². The SMILES string of the molecule is O=C(O)OSc1[c]cccc1. The van der Waals surface area contributed by atoms with Crippen molar-refractivity contribution in [1.82, 2.24) is 0 Å². The Balaban J connectivity index is 2.45. The molecular weight excluding hydrogens is 164 g/mol. The molecule has 3 nitrogen and oxygen atoms in total. The molecule has 4 heteroatoms. The Morgan fingerprint density at radius 1 is 1.64 bits per heavy atom. The molecule has 0 amide bonds. The summed E-state index contributed by atoms with van der Waals surface area (Å²) in [4.78, 5) is 10.6. The maximum atomic E-state index is 9.92. The Morgan fingerprint density at radius 2 is 2.45 bits per heavy atom. The Hall–Kier alpha value is -1.16. The lowest BCUT2D eigenvalue weighted by atomic mass is 10.4. The lowest BCUT2D eigenvalue weighted by Crippen LogP contribution is -1.90. The molecule has 0 unspecified atom stereocenters. The number of benzene rings is 1. The number of hydrogen-bond donors (Lipinski definition) is 1. The highest BCUT2D eigenvalue weighted by molar-refractivity contribution is 7.95. The molecule has 0 atom stereocenters. The van der Waals surface area contributed by atoms with E-state index in [0.717, 1.165) is 12.0 Å². The molecule has 0 aliphatic heterocycles. The van der Waals surface area contributed by atoms with Crippen molar-refractivity contribution < 1.29 is 14.1 Å². The van der Waals surface area contributed by atoms with Crippen LogP contribution in [-0.2, 0) is 4.18 Å². The van der Waals surface area contributed by atoms with Gasteiger partial charge in [-0.3, -0.25) is 0 Å². The number of carbonyl (C=O) groups is 1. The second-order valence-electron chi connectivity index (χ2n) is 1.66. The van der Waals surface area contributed by atoms with Crippen LogP contribution in [0.3, 0.4) is 0 Å². The molecule has 0 aromatic heterocycles. The average Bonchev–Trinajstić information content (AvgIpc) is 2.03. The van der Waals surface area contributed by atoms with Gasteiger partial charge in [0.05, 0.1) is 4.90 Å². The molecule has 0 saturated heterocycles. The first kappa shape index (κ1) is 7.94. The van der Waals surface area contributed by atoms with E-state index in [0.29, 0.717) is 4.90 Å². The topological polar surface area (TPSA) is 46.5 Å². The fraction of sp³-hybridized carbons (Fsp3) is 0. The minimum Gasteiger partial charge on any atom is -0.449 e. The Bertz CT molecular complexity index is 235. The van der Waals surface area contributed by atoms with Crippen LogP contribution < -0.4 is 0 Å². The molecule has 0 aliphatic carbocycles. The highest BCUT2D eigenvalue weighted by atomic mass is 32.2. The third-order valence-corrected chi connectivity index (χ3v) is 1.54. The van der Waals surface area contributed by atoms with E-state index in [4.69, 9.17) is 5.11 Å². The molecule has 0 heterocycles. The summed E-state index contributed by atoms with van der Waals surface area (Å²) in [5.41, 5.74) is 0. The van der Waals surface area contributed by atoms with E-state index in [1.807, 2.05) is 0 Å². The zero-order valence-electron chi connectivity index (χ0n) is 5.48. The van der Waals surface area contributed by atoms with Crippen molar-refractivity contribution in [2.45, 2.75) is 4.90 Å². The van der Waals surface area contributed by atoms with Gasteiger partial charge in [-0.2, -0.15) is 0 Å². The van der Waals surface area contributed by atoms with Crippen molar-refractivity contribution in [3.8, 4) is 0 Å². The average molecular weight is 169 g/mol. The molecule has 1 aromatic carbocycles. The largest absolute Gasteiger partial charge is 0.518 e. The van der Waals surface area contributed by atoms with Gasteiger partial charge in [0.15, 0.2) is 0 Å². The minimum atomic E-state index is -1.30. The van der Waals surface area contributed by atoms with Gasteiger partial charge in [0.2, 0.25) is 0 Å². The molecule has 1 radical (unpaired) electrons. The Morgan fingerprint density at radius 3 is 3.00 bits per heavy atom. The predicted octanol–water partition coefficient (Wildman–Crippen LogP) is 2.19. The molecule has 0 spiro atoms. The Labute approximate surface area is 68.2 Å². The molecule has 0 saturated carbocycles. The van der Waals surface area contributed by atoms with Crippen molar-refractivity contribution in [2.24, 2.45) is 0 Å². The molecule has 0 bridgehead atoms. The second-order valence-corrected chi connectivity index (χ2v) is 2.43. The van der Waals surface area contributed by atoms with Crippen molar-refractivity contribution in [1.29, 1.82) is 0 Å². The van der Waals surface area contributed by atoms with Crippen LogP contribution in [0.4, 0.5) is 4.79 Å². The van der Waals surface area contributed by atoms with Crippen molar-refractivity contribution in [2.75, 3.05) is 0 Å². The van der Waals surface area contributed by atoms with Gasteiger partial charge in [-0.1, -0.05) is 18.2 Å². The maximum Gasteiger partial charge on any atom is 0.518 e. The predicted molar refractivity (Wildman–Crippen MR) is 40.2 cm³/mol. The lowest BCUT2D eigenvalue weighted by Gasteiger charge is -1.95. The van der Waals surface area contributed by atoms with Gasteiger partial charge in [-0.25, -0.2) is 4.79 Å². The summed E-state index contributed by atoms with van der Waals surface area (Å²) in [6.07, 6.45) is -1.30. The molecular formula is C7H5O3S. The zero-order valence-corrected chi connectivity index (χ0v) is 6.30. The molecule has 11 heavy (non-hydrogen) atoms. The normalized spacial score (nSPS) is 9.09. The van der Waals surface area contributed by atoms with Gasteiger partial charge in [-0.05, 0) is 12.1 Å². The van der Waals surface area contributed by atoms with Crippen LogP contribution in [0.25, 0.3) is 0 Å². The molecule has 1 N–H and O–H groups in total. The fourth-order valence-electron chi connectivity index (χ4n) is 0.509. The van der Waals surface area contributed by atoms with E-state index in [2.05, 4.69) is 10.2 Å². The van der Waals surface area contributed by atoms with E-state index in [9.17, 15) is 4.79 Å². The van der Waals surface area contributed by atoms with Gasteiger partial charge >= 0.3 is 6.16 Å². The number of hydrogen-bond acceptors (Lipinski definition) is 3. The monoisotopic (exact) mass is 169 g/mol. The first-order valence-electron chi connectivity index (χ1n) is 2.83. The third-order valence-electron chi connectivity index (χ3n) is 0.883. The summed E-state index contributed by atoms with van der Waals surface area (Å²) in [6.45, 7) is 0. The first-order valence-corrected chi connectivity index (χ1v) is 3.57. The molecule has 1 aromatic rings. The number of rotatable bonds is 2. The van der Waals surface area contributed by atoms with Crippen LogP contribution in [0.5, 0.6) is 0 Å². The standard InChI is InChI=1S/C7H5O3S/c8-7(9)10-11-6-4-2-1-3-5-6/h1-4H,(H,8,9). The van der Waals surface area contributed by atoms with E-state index >= 15 is 0 Å². The van der Waals surface area contributed by atoms with E-state index < -0.39 is 6.16 Å². The number of carboxylic acid groups (broad SMARTS) is 1. The smallest absolute Gasteiger partial charge is 0.449 e. The van der Waals surface area contributed by atoms with Crippen LogP contribution in [-0.4, -0.2) is 11.3 Å². The third kappa shape index (κ3) is 2.95.